The lowest BCUT2D eigenvalue weighted by molar-refractivity contribution is -0.292. The summed E-state index contributed by atoms with van der Waals surface area (Å²) in [7, 11) is 0. The van der Waals surface area contributed by atoms with Gasteiger partial charge in [-0.05, 0) is 25.5 Å². The normalized spacial score (nSPS) is 14.4. The molecule has 1 aromatic heterocycles. The Morgan fingerprint density at radius 2 is 1.65 bits per heavy atom. The van der Waals surface area contributed by atoms with E-state index in [0.717, 1.165) is 6.07 Å². The topological polar surface area (TPSA) is 39.2 Å². The lowest BCUT2D eigenvalue weighted by Gasteiger charge is -2.24. The van der Waals surface area contributed by atoms with Crippen LogP contribution in [0.4, 0.5) is 22.0 Å². The molecule has 17 heavy (non-hydrogen) atoms. The number of alkyl halides is 5. The van der Waals surface area contributed by atoms with Crippen LogP contribution < -0.4 is 5.73 Å². The molecule has 0 bridgehead atoms. The molecule has 1 atom stereocenters. The minimum absolute atomic E-state index is 0. The van der Waals surface area contributed by atoms with Gasteiger partial charge in [-0.25, -0.2) is 0 Å². The second-order valence-corrected chi connectivity index (χ2v) is 3.49. The van der Waals surface area contributed by atoms with Crippen molar-refractivity contribution in [2.75, 3.05) is 0 Å². The molecule has 0 aliphatic heterocycles. The Morgan fingerprint density at radius 3 is 1.94 bits per heavy atom. The van der Waals surface area contributed by atoms with Gasteiger partial charge in [0.15, 0.2) is 0 Å². The highest BCUT2D eigenvalue weighted by atomic mass is 35.5. The smallest absolute Gasteiger partial charge is 0.455 e. The first-order valence-electron chi connectivity index (χ1n) is 4.34. The van der Waals surface area contributed by atoms with Gasteiger partial charge >= 0.3 is 12.1 Å². The molecule has 1 aromatic rings. The molecule has 0 radical (unpaired) electrons. The number of halogens is 6. The van der Waals surface area contributed by atoms with Gasteiger partial charge in [0, 0.05) is 0 Å². The zero-order valence-corrected chi connectivity index (χ0v) is 9.75. The zero-order chi connectivity index (χ0) is 12.7. The standard InChI is InChI=1S/C9H10F5NO.ClH/c1-4-3-6(16-5(4)2)7(15)8(10,11)9(12,13)14;/h3,7H,15H2,1-2H3;1H/t7-;/m1./s1. The number of hydrogen-bond donors (Lipinski definition) is 1. The van der Waals surface area contributed by atoms with Gasteiger partial charge in [-0.1, -0.05) is 0 Å². The fraction of sp³-hybridized carbons (Fsp3) is 0.556. The van der Waals surface area contributed by atoms with Gasteiger partial charge in [0.05, 0.1) is 0 Å². The molecule has 2 nitrogen and oxygen atoms in total. The number of rotatable bonds is 2. The molecule has 100 valence electrons. The Morgan fingerprint density at radius 1 is 1.18 bits per heavy atom. The van der Waals surface area contributed by atoms with E-state index in [1.165, 1.54) is 13.8 Å². The molecule has 8 heteroatoms. The number of nitrogens with two attached hydrogens (primary N) is 1. The Bertz CT molecular complexity index is 368. The molecule has 0 aromatic carbocycles. The van der Waals surface area contributed by atoms with Gasteiger partial charge in [0.1, 0.15) is 17.6 Å². The Labute approximate surface area is 100 Å². The van der Waals surface area contributed by atoms with Gasteiger partial charge in [-0.15, -0.1) is 12.4 Å². The van der Waals surface area contributed by atoms with E-state index in [9.17, 15) is 22.0 Å². The van der Waals surface area contributed by atoms with Crippen LogP contribution in [-0.4, -0.2) is 12.1 Å². The van der Waals surface area contributed by atoms with Gasteiger partial charge in [0.2, 0.25) is 0 Å². The monoisotopic (exact) mass is 279 g/mol. The average molecular weight is 280 g/mol. The zero-order valence-electron chi connectivity index (χ0n) is 8.94. The molecule has 0 saturated heterocycles. The summed E-state index contributed by atoms with van der Waals surface area (Å²) < 4.78 is 66.4. The van der Waals surface area contributed by atoms with Gasteiger partial charge < -0.3 is 10.2 Å². The summed E-state index contributed by atoms with van der Waals surface area (Å²) in [6.45, 7) is 2.98. The molecular weight excluding hydrogens is 269 g/mol. The summed E-state index contributed by atoms with van der Waals surface area (Å²) in [6, 6.07) is -1.44. The van der Waals surface area contributed by atoms with Crippen molar-refractivity contribution in [3.8, 4) is 0 Å². The molecule has 0 fully saturated rings. The predicted octanol–water partition coefficient (Wildman–Crippen LogP) is 3.52. The van der Waals surface area contributed by atoms with Crippen molar-refractivity contribution in [1.29, 1.82) is 0 Å². The first-order chi connectivity index (χ1) is 7.07. The van der Waals surface area contributed by atoms with Crippen molar-refractivity contribution in [3.63, 3.8) is 0 Å². The van der Waals surface area contributed by atoms with E-state index >= 15 is 0 Å². The van der Waals surface area contributed by atoms with E-state index in [1.807, 2.05) is 0 Å². The first-order valence-corrected chi connectivity index (χ1v) is 4.34. The van der Waals surface area contributed by atoms with Crippen LogP contribution in [0.2, 0.25) is 0 Å². The van der Waals surface area contributed by atoms with Crippen LogP contribution in [0, 0.1) is 13.8 Å². The molecular formula is C9H11ClF5NO. The molecule has 2 N–H and O–H groups in total. The quantitative estimate of drug-likeness (QED) is 0.841. The van der Waals surface area contributed by atoms with Crippen molar-refractivity contribution in [1.82, 2.24) is 0 Å². The summed E-state index contributed by atoms with van der Waals surface area (Å²) in [5.74, 6) is -5.32. The maximum atomic E-state index is 12.8. The molecule has 1 rings (SSSR count). The maximum Gasteiger partial charge on any atom is 0.455 e. The number of hydrogen-bond acceptors (Lipinski definition) is 2. The van der Waals surface area contributed by atoms with Crippen LogP contribution in [0.15, 0.2) is 10.5 Å². The van der Waals surface area contributed by atoms with Crippen LogP contribution in [0.5, 0.6) is 0 Å². The summed E-state index contributed by atoms with van der Waals surface area (Å²) in [6.07, 6.45) is -5.69. The van der Waals surface area contributed by atoms with E-state index in [2.05, 4.69) is 0 Å². The highest BCUT2D eigenvalue weighted by Gasteiger charge is 2.62. The second-order valence-electron chi connectivity index (χ2n) is 3.49. The van der Waals surface area contributed by atoms with Crippen molar-refractivity contribution in [2.45, 2.75) is 32.0 Å². The first kappa shape index (κ1) is 16.2. The minimum atomic E-state index is -5.69. The second kappa shape index (κ2) is 4.81. The third kappa shape index (κ3) is 2.90. The molecule has 0 amide bonds. The molecule has 0 aliphatic rings. The third-order valence-electron chi connectivity index (χ3n) is 2.26. The van der Waals surface area contributed by atoms with Crippen LogP contribution in [0.25, 0.3) is 0 Å². The van der Waals surface area contributed by atoms with Crippen LogP contribution in [0.3, 0.4) is 0 Å². The largest absolute Gasteiger partial charge is 0.464 e. The van der Waals surface area contributed by atoms with Crippen molar-refractivity contribution in [2.24, 2.45) is 5.73 Å². The minimum Gasteiger partial charge on any atom is -0.464 e. The van der Waals surface area contributed by atoms with Crippen molar-refractivity contribution in [3.05, 3.63) is 23.2 Å². The number of furan rings is 1. The van der Waals surface area contributed by atoms with Crippen LogP contribution >= 0.6 is 12.4 Å². The SMILES string of the molecule is Cc1cc([C@@H](N)C(F)(F)C(F)(F)F)oc1C.Cl. The summed E-state index contributed by atoms with van der Waals surface area (Å²) >= 11 is 0. The summed E-state index contributed by atoms with van der Waals surface area (Å²) in [5, 5.41) is 0. The highest BCUT2D eigenvalue weighted by molar-refractivity contribution is 5.85. The summed E-state index contributed by atoms with van der Waals surface area (Å²) in [4.78, 5) is 0. The van der Waals surface area contributed by atoms with Gasteiger partial charge in [-0.3, -0.25) is 0 Å². The van der Waals surface area contributed by atoms with E-state index in [4.69, 9.17) is 10.2 Å². The molecule has 1 heterocycles. The summed E-state index contributed by atoms with van der Waals surface area (Å²) in [5.41, 5.74) is 5.35. The Balaban J connectivity index is 0.00000256. The lowest BCUT2D eigenvalue weighted by Crippen LogP contribution is -2.45. The fourth-order valence-electron chi connectivity index (χ4n) is 1.11. The maximum absolute atomic E-state index is 12.8. The molecule has 0 saturated carbocycles. The van der Waals surface area contributed by atoms with Crippen molar-refractivity contribution >= 4 is 12.4 Å². The molecule has 0 aliphatic carbocycles. The van der Waals surface area contributed by atoms with E-state index in [-0.39, 0.29) is 18.2 Å². The average Bonchev–Trinajstić information content (AvgIpc) is 2.43. The molecule has 0 spiro atoms. The van der Waals surface area contributed by atoms with Crippen LogP contribution in [-0.2, 0) is 0 Å². The predicted molar refractivity (Wildman–Crippen MR) is 53.4 cm³/mol. The Kier molecular flexibility index (Phi) is 4.58. The van der Waals surface area contributed by atoms with E-state index in [1.54, 1.807) is 0 Å². The Hall–Kier alpha value is -0.820. The third-order valence-corrected chi connectivity index (χ3v) is 2.26. The van der Waals surface area contributed by atoms with Gasteiger partial charge in [0.25, 0.3) is 0 Å². The lowest BCUT2D eigenvalue weighted by atomic mass is 10.1. The van der Waals surface area contributed by atoms with Gasteiger partial charge in [-0.2, -0.15) is 22.0 Å². The number of aryl methyl sites for hydroxylation is 2. The molecule has 0 unspecified atom stereocenters. The highest BCUT2D eigenvalue weighted by Crippen LogP contribution is 2.43. The van der Waals surface area contributed by atoms with Crippen molar-refractivity contribution < 1.29 is 26.4 Å². The van der Waals surface area contributed by atoms with E-state index < -0.39 is 23.9 Å². The van der Waals surface area contributed by atoms with Crippen LogP contribution in [0.1, 0.15) is 23.1 Å². The fourth-order valence-corrected chi connectivity index (χ4v) is 1.11. The van der Waals surface area contributed by atoms with E-state index in [0.29, 0.717) is 5.56 Å².